The molecule has 0 spiro atoms. The number of hydrogen-bond acceptors (Lipinski definition) is 8. The van der Waals surface area contributed by atoms with Gasteiger partial charge in [-0.2, -0.15) is 0 Å². The first-order chi connectivity index (χ1) is 16.5. The van der Waals surface area contributed by atoms with Crippen molar-refractivity contribution in [1.29, 1.82) is 0 Å². The van der Waals surface area contributed by atoms with E-state index in [0.717, 1.165) is 0 Å². The molecule has 11 nitrogen and oxygen atoms in total. The third-order valence-electron chi connectivity index (χ3n) is 4.67. The van der Waals surface area contributed by atoms with E-state index in [4.69, 9.17) is 19.7 Å². The molecule has 34 heavy (non-hydrogen) atoms. The van der Waals surface area contributed by atoms with Crippen molar-refractivity contribution >= 4 is 23.8 Å². The average molecular weight is 464 g/mol. The molecule has 0 bridgehead atoms. The van der Waals surface area contributed by atoms with E-state index in [2.05, 4.69) is 10.0 Å². The van der Waals surface area contributed by atoms with Crippen LogP contribution in [-0.4, -0.2) is 48.5 Å². The zero-order valence-electron chi connectivity index (χ0n) is 18.0. The van der Waals surface area contributed by atoms with Crippen molar-refractivity contribution in [3.8, 4) is 0 Å². The van der Waals surface area contributed by atoms with Gasteiger partial charge in [0, 0.05) is 4.91 Å². The van der Waals surface area contributed by atoms with Crippen molar-refractivity contribution in [3.05, 3.63) is 93.4 Å². The van der Waals surface area contributed by atoms with Crippen LogP contribution in [0.25, 0.3) is 10.4 Å². The van der Waals surface area contributed by atoms with Gasteiger partial charge in [-0.05, 0) is 16.7 Å². The standard InChI is InChI=1S/C23H20N4O7/c24-26-25-15-32-12-11-27-20(28)18(22(30)33-13-16-7-3-1-4-8-16)19(21(27)29)23(31)34-14-17-9-5-2-6-10-17/h1-10H,11-15H2. The first kappa shape index (κ1) is 24.2. The maximum Gasteiger partial charge on any atom is 0.345 e. The number of hydrogen-bond donors (Lipinski definition) is 0. The molecule has 1 aliphatic heterocycles. The van der Waals surface area contributed by atoms with Crippen molar-refractivity contribution in [2.75, 3.05) is 19.9 Å². The molecule has 0 saturated heterocycles. The minimum absolute atomic E-state index is 0.160. The number of esters is 2. The summed E-state index contributed by atoms with van der Waals surface area (Å²) in [5.41, 5.74) is 8.18. The molecule has 1 aliphatic rings. The normalized spacial score (nSPS) is 13.0. The Morgan fingerprint density at radius 2 is 1.29 bits per heavy atom. The highest BCUT2D eigenvalue weighted by atomic mass is 16.5. The second-order valence-electron chi connectivity index (χ2n) is 6.90. The van der Waals surface area contributed by atoms with Crippen LogP contribution in [0.3, 0.4) is 0 Å². The van der Waals surface area contributed by atoms with Gasteiger partial charge in [-0.15, -0.1) is 0 Å². The van der Waals surface area contributed by atoms with E-state index >= 15 is 0 Å². The van der Waals surface area contributed by atoms with Crippen molar-refractivity contribution in [2.24, 2.45) is 5.11 Å². The van der Waals surface area contributed by atoms with Gasteiger partial charge in [-0.3, -0.25) is 14.5 Å². The number of azide groups is 1. The zero-order valence-corrected chi connectivity index (χ0v) is 18.0. The minimum atomic E-state index is -1.12. The summed E-state index contributed by atoms with van der Waals surface area (Å²) < 4.78 is 15.4. The summed E-state index contributed by atoms with van der Waals surface area (Å²) in [5, 5.41) is 3.18. The molecule has 0 fully saturated rings. The van der Waals surface area contributed by atoms with Crippen LogP contribution in [0.15, 0.2) is 76.9 Å². The van der Waals surface area contributed by atoms with Gasteiger partial charge in [0.25, 0.3) is 11.8 Å². The zero-order chi connectivity index (χ0) is 24.3. The molecule has 0 radical (unpaired) electrons. The highest BCUT2D eigenvalue weighted by Crippen LogP contribution is 2.24. The molecular weight excluding hydrogens is 444 g/mol. The predicted octanol–water partition coefficient (Wildman–Crippen LogP) is 2.42. The van der Waals surface area contributed by atoms with Gasteiger partial charge in [0.15, 0.2) is 0 Å². The number of carbonyl (C=O) groups excluding carboxylic acids is 4. The molecule has 0 atom stereocenters. The number of carbonyl (C=O) groups is 4. The van der Waals surface area contributed by atoms with E-state index in [1.807, 2.05) is 0 Å². The number of imide groups is 1. The van der Waals surface area contributed by atoms with E-state index in [9.17, 15) is 19.2 Å². The predicted molar refractivity (Wildman–Crippen MR) is 116 cm³/mol. The smallest absolute Gasteiger partial charge is 0.345 e. The summed E-state index contributed by atoms with van der Waals surface area (Å²) in [5.74, 6) is -4.23. The van der Waals surface area contributed by atoms with E-state index in [1.54, 1.807) is 60.7 Å². The number of amides is 2. The number of benzene rings is 2. The Bertz CT molecular complexity index is 1060. The molecule has 2 aromatic carbocycles. The lowest BCUT2D eigenvalue weighted by Gasteiger charge is -2.14. The molecule has 0 aromatic heterocycles. The van der Waals surface area contributed by atoms with Crippen molar-refractivity contribution in [1.82, 2.24) is 4.90 Å². The fourth-order valence-electron chi connectivity index (χ4n) is 3.04. The molecule has 2 aromatic rings. The largest absolute Gasteiger partial charge is 0.457 e. The monoisotopic (exact) mass is 464 g/mol. The van der Waals surface area contributed by atoms with Gasteiger partial charge in [-0.25, -0.2) is 9.59 Å². The second-order valence-corrected chi connectivity index (χ2v) is 6.90. The third kappa shape index (κ3) is 6.06. The lowest BCUT2D eigenvalue weighted by atomic mass is 10.1. The molecule has 0 aliphatic carbocycles. The molecule has 3 rings (SSSR count). The van der Waals surface area contributed by atoms with E-state index in [-0.39, 0.29) is 33.1 Å². The summed E-state index contributed by atoms with van der Waals surface area (Å²) >= 11 is 0. The Balaban J connectivity index is 1.77. The Morgan fingerprint density at radius 3 is 1.74 bits per heavy atom. The van der Waals surface area contributed by atoms with Gasteiger partial charge in [-0.1, -0.05) is 65.8 Å². The second kappa shape index (κ2) is 12.0. The van der Waals surface area contributed by atoms with Crippen molar-refractivity contribution in [3.63, 3.8) is 0 Å². The van der Waals surface area contributed by atoms with E-state index in [0.29, 0.717) is 16.0 Å². The Morgan fingerprint density at radius 1 is 0.824 bits per heavy atom. The molecule has 0 unspecified atom stereocenters. The van der Waals surface area contributed by atoms with Crippen LogP contribution in [0, 0.1) is 0 Å². The number of nitrogens with zero attached hydrogens (tertiary/aromatic N) is 4. The van der Waals surface area contributed by atoms with Gasteiger partial charge >= 0.3 is 11.9 Å². The third-order valence-corrected chi connectivity index (χ3v) is 4.67. The quantitative estimate of drug-likeness (QED) is 0.0943. The fourth-order valence-corrected chi connectivity index (χ4v) is 3.04. The minimum Gasteiger partial charge on any atom is -0.457 e. The van der Waals surface area contributed by atoms with E-state index in [1.165, 1.54) is 0 Å². The van der Waals surface area contributed by atoms with E-state index < -0.39 is 34.9 Å². The van der Waals surface area contributed by atoms with Crippen molar-refractivity contribution < 1.29 is 33.4 Å². The van der Waals surface area contributed by atoms with Crippen LogP contribution in [0.1, 0.15) is 11.1 Å². The maximum atomic E-state index is 12.9. The lowest BCUT2D eigenvalue weighted by molar-refractivity contribution is -0.144. The molecule has 174 valence electrons. The number of ether oxygens (including phenoxy) is 3. The highest BCUT2D eigenvalue weighted by molar-refractivity contribution is 6.38. The average Bonchev–Trinajstić information content (AvgIpc) is 3.11. The summed E-state index contributed by atoms with van der Waals surface area (Å²) in [6.07, 6.45) is 0. The van der Waals surface area contributed by atoms with Crippen LogP contribution >= 0.6 is 0 Å². The SMILES string of the molecule is [N-]=[N+]=NCOCCN1C(=O)C(C(=O)OCc2ccccc2)=C(C(=O)OCc2ccccc2)C1=O. The summed E-state index contributed by atoms with van der Waals surface area (Å²) in [4.78, 5) is 54.5. The van der Waals surface area contributed by atoms with Gasteiger partial charge in [0.1, 0.15) is 31.1 Å². The highest BCUT2D eigenvalue weighted by Gasteiger charge is 2.46. The molecule has 2 amide bonds. The first-order valence-electron chi connectivity index (χ1n) is 10.1. The van der Waals surface area contributed by atoms with Crippen molar-refractivity contribution in [2.45, 2.75) is 13.2 Å². The Hall–Kier alpha value is -4.47. The summed E-state index contributed by atoms with van der Waals surface area (Å²) in [6, 6.07) is 17.4. The lowest BCUT2D eigenvalue weighted by Crippen LogP contribution is -2.36. The molecule has 0 N–H and O–H groups in total. The topological polar surface area (TPSA) is 148 Å². The van der Waals surface area contributed by atoms with Gasteiger partial charge in [0.05, 0.1) is 13.2 Å². The summed E-state index contributed by atoms with van der Waals surface area (Å²) in [6.45, 7) is -1.07. The fraction of sp³-hybridized carbons (Fsp3) is 0.217. The maximum absolute atomic E-state index is 12.9. The van der Waals surface area contributed by atoms with Crippen LogP contribution in [0.5, 0.6) is 0 Å². The molecule has 1 heterocycles. The van der Waals surface area contributed by atoms with Gasteiger partial charge < -0.3 is 14.2 Å². The van der Waals surface area contributed by atoms with Crippen LogP contribution < -0.4 is 0 Å². The van der Waals surface area contributed by atoms with Gasteiger partial charge in [0.2, 0.25) is 0 Å². The Kier molecular flexibility index (Phi) is 8.50. The molecule has 11 heteroatoms. The van der Waals surface area contributed by atoms with Crippen LogP contribution in [0.4, 0.5) is 0 Å². The van der Waals surface area contributed by atoms with Crippen LogP contribution in [0.2, 0.25) is 0 Å². The molecule has 0 saturated carbocycles. The number of rotatable bonds is 11. The van der Waals surface area contributed by atoms with Crippen LogP contribution in [-0.2, 0) is 46.6 Å². The first-order valence-corrected chi connectivity index (χ1v) is 10.1. The molecular formula is C23H20N4O7. The Labute approximate surface area is 194 Å². The summed E-state index contributed by atoms with van der Waals surface area (Å²) in [7, 11) is 0.